The molecular formula is C9H9N3O2S. The van der Waals surface area contributed by atoms with Crippen molar-refractivity contribution in [2.24, 2.45) is 5.92 Å². The first-order valence-electron chi connectivity index (χ1n) is 4.22. The third-order valence-corrected chi connectivity index (χ3v) is 2.75. The summed E-state index contributed by atoms with van der Waals surface area (Å²) in [6, 6.07) is 3.40. The summed E-state index contributed by atoms with van der Waals surface area (Å²) in [5.41, 5.74) is 0.287. The van der Waals surface area contributed by atoms with Gasteiger partial charge < -0.3 is 5.11 Å². The lowest BCUT2D eigenvalue weighted by Gasteiger charge is -2.03. The van der Waals surface area contributed by atoms with Crippen LogP contribution in [-0.2, 0) is 4.79 Å². The second-order valence-electron chi connectivity index (χ2n) is 2.89. The van der Waals surface area contributed by atoms with Gasteiger partial charge in [0.1, 0.15) is 11.8 Å². The molecule has 1 unspecified atom stereocenters. The normalized spacial score (nSPS) is 11.7. The number of nitrogens with zero attached hydrogens (tertiary/aromatic N) is 3. The van der Waals surface area contributed by atoms with Gasteiger partial charge in [0.2, 0.25) is 0 Å². The lowest BCUT2D eigenvalue weighted by molar-refractivity contribution is -0.140. The van der Waals surface area contributed by atoms with Gasteiger partial charge >= 0.3 is 5.97 Å². The van der Waals surface area contributed by atoms with Crippen LogP contribution >= 0.6 is 11.8 Å². The van der Waals surface area contributed by atoms with Gasteiger partial charge in [0, 0.05) is 11.9 Å². The van der Waals surface area contributed by atoms with Gasteiger partial charge in [-0.1, -0.05) is 18.7 Å². The minimum atomic E-state index is -0.848. The first kappa shape index (κ1) is 11.5. The van der Waals surface area contributed by atoms with E-state index in [1.165, 1.54) is 24.0 Å². The lowest BCUT2D eigenvalue weighted by atomic mass is 10.2. The van der Waals surface area contributed by atoms with Crippen molar-refractivity contribution in [1.29, 1.82) is 5.26 Å². The van der Waals surface area contributed by atoms with Crippen molar-refractivity contribution in [3.8, 4) is 6.07 Å². The smallest absolute Gasteiger partial charge is 0.307 e. The molecule has 0 saturated carbocycles. The Morgan fingerprint density at radius 1 is 1.80 bits per heavy atom. The van der Waals surface area contributed by atoms with Crippen molar-refractivity contribution in [2.75, 3.05) is 5.75 Å². The number of hydrogen-bond donors (Lipinski definition) is 1. The van der Waals surface area contributed by atoms with Crippen molar-refractivity contribution in [3.05, 3.63) is 18.0 Å². The number of thioether (sulfide) groups is 1. The molecule has 0 aliphatic rings. The van der Waals surface area contributed by atoms with Crippen molar-refractivity contribution in [3.63, 3.8) is 0 Å². The van der Waals surface area contributed by atoms with Crippen molar-refractivity contribution >= 4 is 17.7 Å². The van der Waals surface area contributed by atoms with Gasteiger partial charge in [-0.3, -0.25) is 4.79 Å². The summed E-state index contributed by atoms with van der Waals surface area (Å²) < 4.78 is 0. The molecule has 1 N–H and O–H groups in total. The number of carbonyl (C=O) groups is 1. The maximum Gasteiger partial charge on any atom is 0.307 e. The molecule has 0 spiro atoms. The fourth-order valence-corrected chi connectivity index (χ4v) is 1.58. The molecule has 0 amide bonds. The van der Waals surface area contributed by atoms with Gasteiger partial charge in [0.15, 0.2) is 5.16 Å². The van der Waals surface area contributed by atoms with Crippen molar-refractivity contribution in [1.82, 2.24) is 9.97 Å². The SMILES string of the molecule is CC(CSc1nccc(C#N)n1)C(=O)O. The van der Waals surface area contributed by atoms with E-state index >= 15 is 0 Å². The van der Waals surface area contributed by atoms with Crippen LogP contribution in [0.2, 0.25) is 0 Å². The zero-order valence-corrected chi connectivity index (χ0v) is 8.86. The molecule has 78 valence electrons. The number of carboxylic acids is 1. The van der Waals surface area contributed by atoms with E-state index in [4.69, 9.17) is 10.4 Å². The largest absolute Gasteiger partial charge is 0.481 e. The highest BCUT2D eigenvalue weighted by Crippen LogP contribution is 2.16. The van der Waals surface area contributed by atoms with E-state index in [2.05, 4.69) is 9.97 Å². The number of nitriles is 1. The van der Waals surface area contributed by atoms with Crippen LogP contribution in [0.3, 0.4) is 0 Å². The number of aliphatic carboxylic acids is 1. The molecule has 1 atom stereocenters. The fourth-order valence-electron chi connectivity index (χ4n) is 0.743. The van der Waals surface area contributed by atoms with Gasteiger partial charge in [-0.2, -0.15) is 5.26 Å². The Morgan fingerprint density at radius 2 is 2.53 bits per heavy atom. The Morgan fingerprint density at radius 3 is 3.13 bits per heavy atom. The predicted molar refractivity (Wildman–Crippen MR) is 54.3 cm³/mol. The third kappa shape index (κ3) is 3.56. The molecule has 1 aromatic heterocycles. The van der Waals surface area contributed by atoms with E-state index in [0.29, 0.717) is 10.9 Å². The topological polar surface area (TPSA) is 86.9 Å². The molecule has 0 aliphatic carbocycles. The standard InChI is InChI=1S/C9H9N3O2S/c1-6(8(13)14)5-15-9-11-3-2-7(4-10)12-9/h2-3,6H,5H2,1H3,(H,13,14). The van der Waals surface area contributed by atoms with E-state index in [0.717, 1.165) is 0 Å². The first-order chi connectivity index (χ1) is 7.13. The number of rotatable bonds is 4. The lowest BCUT2D eigenvalue weighted by Crippen LogP contribution is -2.12. The summed E-state index contributed by atoms with van der Waals surface area (Å²) in [5, 5.41) is 17.7. The number of hydrogen-bond acceptors (Lipinski definition) is 5. The van der Waals surface area contributed by atoms with E-state index in [1.54, 1.807) is 6.92 Å². The summed E-state index contributed by atoms with van der Waals surface area (Å²) in [5.74, 6) is -0.909. The summed E-state index contributed by atoms with van der Waals surface area (Å²) in [6.45, 7) is 1.61. The van der Waals surface area contributed by atoms with Crippen LogP contribution in [0.5, 0.6) is 0 Å². The maximum atomic E-state index is 10.5. The molecule has 0 aromatic carbocycles. The van der Waals surface area contributed by atoms with Crippen molar-refractivity contribution in [2.45, 2.75) is 12.1 Å². The Hall–Kier alpha value is -1.61. The summed E-state index contributed by atoms with van der Waals surface area (Å²) in [4.78, 5) is 18.4. The van der Waals surface area contributed by atoms with Crippen LogP contribution in [0.4, 0.5) is 0 Å². The van der Waals surface area contributed by atoms with Gasteiger partial charge in [-0.15, -0.1) is 0 Å². The number of carboxylic acid groups (broad SMARTS) is 1. The van der Waals surface area contributed by atoms with Gasteiger partial charge in [-0.05, 0) is 6.07 Å². The molecule has 5 nitrogen and oxygen atoms in total. The van der Waals surface area contributed by atoms with Gasteiger partial charge in [0.05, 0.1) is 5.92 Å². The highest BCUT2D eigenvalue weighted by molar-refractivity contribution is 7.99. The molecular weight excluding hydrogens is 214 g/mol. The molecule has 15 heavy (non-hydrogen) atoms. The van der Waals surface area contributed by atoms with Gasteiger partial charge in [-0.25, -0.2) is 9.97 Å². The molecule has 0 fully saturated rings. The molecule has 0 radical (unpaired) electrons. The summed E-state index contributed by atoms with van der Waals surface area (Å²) in [7, 11) is 0. The second kappa shape index (κ2) is 5.32. The van der Waals surface area contributed by atoms with E-state index in [9.17, 15) is 4.79 Å². The fraction of sp³-hybridized carbons (Fsp3) is 0.333. The quantitative estimate of drug-likeness (QED) is 0.608. The highest BCUT2D eigenvalue weighted by Gasteiger charge is 2.12. The first-order valence-corrected chi connectivity index (χ1v) is 5.21. The van der Waals surface area contributed by atoms with Crippen LogP contribution in [-0.4, -0.2) is 26.8 Å². The Bertz CT molecular complexity index is 403. The minimum absolute atomic E-state index is 0.287. The maximum absolute atomic E-state index is 10.5. The van der Waals surface area contributed by atoms with Crippen LogP contribution in [0.25, 0.3) is 0 Å². The molecule has 1 heterocycles. The van der Waals surface area contributed by atoms with E-state index < -0.39 is 11.9 Å². The molecule has 1 rings (SSSR count). The second-order valence-corrected chi connectivity index (χ2v) is 3.87. The van der Waals surface area contributed by atoms with Crippen molar-refractivity contribution < 1.29 is 9.90 Å². The average molecular weight is 223 g/mol. The van der Waals surface area contributed by atoms with Gasteiger partial charge in [0.25, 0.3) is 0 Å². The highest BCUT2D eigenvalue weighted by atomic mass is 32.2. The number of aromatic nitrogens is 2. The molecule has 0 aliphatic heterocycles. The molecule has 0 bridgehead atoms. The van der Waals surface area contributed by atoms with E-state index in [-0.39, 0.29) is 5.69 Å². The van der Waals surface area contributed by atoms with Crippen LogP contribution < -0.4 is 0 Å². The monoisotopic (exact) mass is 223 g/mol. The molecule has 6 heteroatoms. The molecule has 1 aromatic rings. The van der Waals surface area contributed by atoms with Crippen LogP contribution in [0.1, 0.15) is 12.6 Å². The Kier molecular flexibility index (Phi) is 4.06. The molecule has 0 saturated heterocycles. The third-order valence-electron chi connectivity index (χ3n) is 1.63. The minimum Gasteiger partial charge on any atom is -0.481 e. The summed E-state index contributed by atoms with van der Waals surface area (Å²) in [6.07, 6.45) is 1.49. The van der Waals surface area contributed by atoms with E-state index in [1.807, 2.05) is 6.07 Å². The predicted octanol–water partition coefficient (Wildman–Crippen LogP) is 1.16. The van der Waals surface area contributed by atoms with Crippen LogP contribution in [0.15, 0.2) is 17.4 Å². The van der Waals surface area contributed by atoms with Crippen LogP contribution in [0, 0.1) is 17.2 Å². The zero-order chi connectivity index (χ0) is 11.3. The Labute approximate surface area is 91.2 Å². The summed E-state index contributed by atoms with van der Waals surface area (Å²) >= 11 is 1.23. The average Bonchev–Trinajstić information content (AvgIpc) is 2.26. The zero-order valence-electron chi connectivity index (χ0n) is 8.04. The Balaban J connectivity index is 2.58.